The lowest BCUT2D eigenvalue weighted by atomic mass is 10.2. The monoisotopic (exact) mass is 200 g/mol. The maximum absolute atomic E-state index is 12.3. The van der Waals surface area contributed by atoms with Gasteiger partial charge in [-0.05, 0) is 29.7 Å². The van der Waals surface area contributed by atoms with Crippen LogP contribution in [0.5, 0.6) is 5.75 Å². The van der Waals surface area contributed by atoms with Gasteiger partial charge in [-0.1, -0.05) is 0 Å². The fourth-order valence-electron chi connectivity index (χ4n) is 1.16. The highest BCUT2D eigenvalue weighted by atomic mass is 32.1. The minimum atomic E-state index is -2.43. The van der Waals surface area contributed by atoms with Gasteiger partial charge in [0, 0.05) is 4.70 Å². The molecule has 0 fully saturated rings. The number of thiophene rings is 1. The number of aromatic hydroxyl groups is 1. The summed E-state index contributed by atoms with van der Waals surface area (Å²) in [6, 6.07) is 6.03. The molecule has 68 valence electrons. The molecule has 1 N–H and O–H groups in total. The molecule has 1 aromatic carbocycles. The van der Waals surface area contributed by atoms with E-state index in [0.29, 0.717) is 5.39 Å². The Kier molecular flexibility index (Phi) is 1.92. The van der Waals surface area contributed by atoms with Crippen LogP contribution in [0.2, 0.25) is 0 Å². The van der Waals surface area contributed by atoms with Gasteiger partial charge in [-0.25, -0.2) is 8.78 Å². The predicted molar refractivity (Wildman–Crippen MR) is 48.4 cm³/mol. The molecule has 0 unspecified atom stereocenters. The molecule has 1 aromatic heterocycles. The summed E-state index contributed by atoms with van der Waals surface area (Å²) < 4.78 is 25.3. The van der Waals surface area contributed by atoms with Gasteiger partial charge in [0.05, 0.1) is 4.88 Å². The first-order chi connectivity index (χ1) is 6.16. The van der Waals surface area contributed by atoms with E-state index in [-0.39, 0.29) is 10.6 Å². The highest BCUT2D eigenvalue weighted by Crippen LogP contribution is 2.33. The standard InChI is InChI=1S/C9H6F2OS/c10-9(11)8-4-5-3-6(12)1-2-7(5)13-8/h1-4,9,12H. The van der Waals surface area contributed by atoms with E-state index in [1.54, 1.807) is 6.07 Å². The molecule has 0 aliphatic rings. The third-order valence-corrected chi connectivity index (χ3v) is 2.86. The van der Waals surface area contributed by atoms with Gasteiger partial charge in [-0.3, -0.25) is 0 Å². The fraction of sp³-hybridized carbons (Fsp3) is 0.111. The Labute approximate surface area is 77.2 Å². The molecule has 0 radical (unpaired) electrons. The SMILES string of the molecule is Oc1ccc2sc(C(F)F)cc2c1. The maximum Gasteiger partial charge on any atom is 0.272 e. The largest absolute Gasteiger partial charge is 0.508 e. The van der Waals surface area contributed by atoms with Crippen molar-refractivity contribution in [2.45, 2.75) is 6.43 Å². The molecule has 0 atom stereocenters. The number of hydrogen-bond donors (Lipinski definition) is 1. The van der Waals surface area contributed by atoms with E-state index in [1.807, 2.05) is 0 Å². The number of rotatable bonds is 1. The number of benzene rings is 1. The zero-order valence-electron chi connectivity index (χ0n) is 6.50. The third-order valence-electron chi connectivity index (χ3n) is 1.73. The van der Waals surface area contributed by atoms with Gasteiger partial charge in [-0.2, -0.15) is 0 Å². The van der Waals surface area contributed by atoms with Crippen molar-refractivity contribution in [3.05, 3.63) is 29.1 Å². The number of halogens is 2. The van der Waals surface area contributed by atoms with Crippen LogP contribution in [-0.2, 0) is 0 Å². The van der Waals surface area contributed by atoms with Crippen molar-refractivity contribution < 1.29 is 13.9 Å². The quantitative estimate of drug-likeness (QED) is 0.746. The van der Waals surface area contributed by atoms with E-state index in [0.717, 1.165) is 16.0 Å². The number of phenols is 1. The van der Waals surface area contributed by atoms with Gasteiger partial charge in [-0.15, -0.1) is 11.3 Å². The van der Waals surface area contributed by atoms with Gasteiger partial charge in [0.25, 0.3) is 6.43 Å². The molecule has 2 rings (SSSR count). The van der Waals surface area contributed by atoms with Crippen molar-refractivity contribution in [3.63, 3.8) is 0 Å². The molecule has 0 saturated heterocycles. The molecular formula is C9H6F2OS. The minimum absolute atomic E-state index is 0.0422. The van der Waals surface area contributed by atoms with Gasteiger partial charge >= 0.3 is 0 Å². The molecule has 0 saturated carbocycles. The zero-order chi connectivity index (χ0) is 9.42. The summed E-state index contributed by atoms with van der Waals surface area (Å²) in [5, 5.41) is 9.76. The van der Waals surface area contributed by atoms with Crippen LogP contribution in [-0.4, -0.2) is 5.11 Å². The number of alkyl halides is 2. The van der Waals surface area contributed by atoms with Crippen LogP contribution in [0, 0.1) is 0 Å². The summed E-state index contributed by atoms with van der Waals surface area (Å²) in [6.45, 7) is 0. The van der Waals surface area contributed by atoms with Gasteiger partial charge in [0.1, 0.15) is 5.75 Å². The minimum Gasteiger partial charge on any atom is -0.508 e. The molecule has 0 aliphatic heterocycles. The Hall–Kier alpha value is -1.16. The topological polar surface area (TPSA) is 20.2 Å². The molecule has 0 amide bonds. The van der Waals surface area contributed by atoms with Crippen LogP contribution in [0.15, 0.2) is 24.3 Å². The summed E-state index contributed by atoms with van der Waals surface area (Å²) >= 11 is 1.05. The molecule has 2 aromatic rings. The molecule has 13 heavy (non-hydrogen) atoms. The highest BCUT2D eigenvalue weighted by Gasteiger charge is 2.11. The Morgan fingerprint density at radius 3 is 2.69 bits per heavy atom. The van der Waals surface area contributed by atoms with Gasteiger partial charge < -0.3 is 5.11 Å². The lowest BCUT2D eigenvalue weighted by Gasteiger charge is -1.89. The summed E-state index contributed by atoms with van der Waals surface area (Å²) in [5.74, 6) is 0.103. The molecule has 1 heterocycles. The first kappa shape index (κ1) is 8.44. The van der Waals surface area contributed by atoms with Crippen LogP contribution in [0.3, 0.4) is 0 Å². The van der Waals surface area contributed by atoms with Crippen molar-refractivity contribution in [1.82, 2.24) is 0 Å². The Balaban J connectivity index is 2.62. The zero-order valence-corrected chi connectivity index (χ0v) is 7.31. The van der Waals surface area contributed by atoms with Crippen molar-refractivity contribution in [2.75, 3.05) is 0 Å². The Morgan fingerprint density at radius 1 is 1.23 bits per heavy atom. The Morgan fingerprint density at radius 2 is 2.00 bits per heavy atom. The predicted octanol–water partition coefficient (Wildman–Crippen LogP) is 3.54. The van der Waals surface area contributed by atoms with Crippen LogP contribution >= 0.6 is 11.3 Å². The molecule has 0 bridgehead atoms. The van der Waals surface area contributed by atoms with E-state index < -0.39 is 6.43 Å². The average molecular weight is 200 g/mol. The lowest BCUT2D eigenvalue weighted by molar-refractivity contribution is 0.156. The van der Waals surface area contributed by atoms with Crippen molar-refractivity contribution >= 4 is 21.4 Å². The van der Waals surface area contributed by atoms with Gasteiger partial charge in [0.15, 0.2) is 0 Å². The second kappa shape index (κ2) is 2.96. The first-order valence-electron chi connectivity index (χ1n) is 3.67. The third kappa shape index (κ3) is 1.49. The summed E-state index contributed by atoms with van der Waals surface area (Å²) in [4.78, 5) is 0.0422. The molecule has 0 spiro atoms. The molecule has 0 aliphatic carbocycles. The fourth-order valence-corrected chi connectivity index (χ4v) is 2.06. The molecular weight excluding hydrogens is 194 g/mol. The van der Waals surface area contributed by atoms with E-state index in [4.69, 9.17) is 5.11 Å². The second-order valence-electron chi connectivity index (χ2n) is 2.67. The van der Waals surface area contributed by atoms with Crippen LogP contribution in [0.1, 0.15) is 11.3 Å². The van der Waals surface area contributed by atoms with Crippen molar-refractivity contribution in [3.8, 4) is 5.75 Å². The number of fused-ring (bicyclic) bond motifs is 1. The highest BCUT2D eigenvalue weighted by molar-refractivity contribution is 7.19. The van der Waals surface area contributed by atoms with E-state index >= 15 is 0 Å². The summed E-state index contributed by atoms with van der Waals surface area (Å²) in [5.41, 5.74) is 0. The smallest absolute Gasteiger partial charge is 0.272 e. The molecule has 4 heteroatoms. The van der Waals surface area contributed by atoms with Gasteiger partial charge in [0.2, 0.25) is 0 Å². The van der Waals surface area contributed by atoms with E-state index in [9.17, 15) is 8.78 Å². The number of hydrogen-bond acceptors (Lipinski definition) is 2. The molecule has 1 nitrogen and oxygen atoms in total. The van der Waals surface area contributed by atoms with E-state index in [1.165, 1.54) is 18.2 Å². The number of phenolic OH excluding ortho intramolecular Hbond substituents is 1. The first-order valence-corrected chi connectivity index (χ1v) is 4.49. The summed E-state index contributed by atoms with van der Waals surface area (Å²) in [7, 11) is 0. The lowest BCUT2D eigenvalue weighted by Crippen LogP contribution is -1.72. The second-order valence-corrected chi connectivity index (χ2v) is 3.79. The normalized spacial score (nSPS) is 11.3. The van der Waals surface area contributed by atoms with Crippen LogP contribution < -0.4 is 0 Å². The maximum atomic E-state index is 12.3. The van der Waals surface area contributed by atoms with Crippen LogP contribution in [0.4, 0.5) is 8.78 Å². The Bertz CT molecular complexity index is 436. The van der Waals surface area contributed by atoms with Crippen LogP contribution in [0.25, 0.3) is 10.1 Å². The van der Waals surface area contributed by atoms with Crippen molar-refractivity contribution in [1.29, 1.82) is 0 Å². The van der Waals surface area contributed by atoms with Crippen molar-refractivity contribution in [2.24, 2.45) is 0 Å². The average Bonchev–Trinajstić information content (AvgIpc) is 2.46. The van der Waals surface area contributed by atoms with E-state index in [2.05, 4.69) is 0 Å². The summed E-state index contributed by atoms with van der Waals surface area (Å²) in [6.07, 6.45) is -2.43.